The number of aliphatic hydroxyl groups is 1. The fourth-order valence-electron chi connectivity index (χ4n) is 1.83. The Hall–Kier alpha value is -1.24. The molecule has 0 aromatic heterocycles. The zero-order valence-corrected chi connectivity index (χ0v) is 7.33. The molecule has 0 amide bonds. The maximum atomic E-state index is 9.67. The highest BCUT2D eigenvalue weighted by Gasteiger charge is 2.24. The van der Waals surface area contributed by atoms with E-state index in [9.17, 15) is 5.11 Å². The maximum absolute atomic E-state index is 9.67. The molecule has 0 radical (unpaired) electrons. The summed E-state index contributed by atoms with van der Waals surface area (Å²) >= 11 is 0. The highest BCUT2D eigenvalue weighted by Crippen LogP contribution is 2.39. The average molecular weight is 160 g/mol. The SMILES string of the molecule is CC1=C(O)C(C)c2ccccc21. The molecule has 2 rings (SSSR count). The third kappa shape index (κ3) is 0.795. The van der Waals surface area contributed by atoms with Crippen molar-refractivity contribution in [2.75, 3.05) is 0 Å². The van der Waals surface area contributed by atoms with E-state index in [1.165, 1.54) is 11.1 Å². The van der Waals surface area contributed by atoms with Crippen LogP contribution in [0.1, 0.15) is 30.9 Å². The van der Waals surface area contributed by atoms with Crippen molar-refractivity contribution in [2.24, 2.45) is 0 Å². The first-order valence-corrected chi connectivity index (χ1v) is 4.21. The monoisotopic (exact) mass is 160 g/mol. The molecular formula is C11H12O. The molecule has 1 heteroatoms. The number of rotatable bonds is 0. The predicted molar refractivity (Wildman–Crippen MR) is 50.1 cm³/mol. The van der Waals surface area contributed by atoms with Gasteiger partial charge in [0.2, 0.25) is 0 Å². The number of aliphatic hydroxyl groups excluding tert-OH is 1. The minimum Gasteiger partial charge on any atom is -0.511 e. The Balaban J connectivity index is 2.65. The summed E-state index contributed by atoms with van der Waals surface area (Å²) in [5.74, 6) is 0.706. The normalized spacial score (nSPS) is 21.3. The van der Waals surface area contributed by atoms with Gasteiger partial charge < -0.3 is 5.11 Å². The van der Waals surface area contributed by atoms with Crippen LogP contribution in [0.5, 0.6) is 0 Å². The Morgan fingerprint density at radius 1 is 1.25 bits per heavy atom. The molecule has 0 saturated carbocycles. The van der Waals surface area contributed by atoms with Crippen LogP contribution in [0.15, 0.2) is 30.0 Å². The van der Waals surface area contributed by atoms with Gasteiger partial charge in [-0.15, -0.1) is 0 Å². The number of fused-ring (bicyclic) bond motifs is 1. The molecule has 1 atom stereocenters. The zero-order valence-electron chi connectivity index (χ0n) is 7.33. The largest absolute Gasteiger partial charge is 0.511 e. The van der Waals surface area contributed by atoms with Crippen LogP contribution in [0.4, 0.5) is 0 Å². The molecule has 0 heterocycles. The molecule has 62 valence electrons. The van der Waals surface area contributed by atoms with Crippen LogP contribution in [0.3, 0.4) is 0 Å². The quantitative estimate of drug-likeness (QED) is 0.618. The lowest BCUT2D eigenvalue weighted by Crippen LogP contribution is -1.90. The minimum atomic E-state index is 0.182. The molecule has 1 aliphatic rings. The molecule has 0 saturated heterocycles. The molecular weight excluding hydrogens is 148 g/mol. The van der Waals surface area contributed by atoms with Gasteiger partial charge in [-0.25, -0.2) is 0 Å². The summed E-state index contributed by atoms with van der Waals surface area (Å²) in [6.45, 7) is 4.00. The lowest BCUT2D eigenvalue weighted by atomic mass is 10.0. The minimum absolute atomic E-state index is 0.182. The summed E-state index contributed by atoms with van der Waals surface area (Å²) in [5, 5.41) is 9.67. The van der Waals surface area contributed by atoms with Gasteiger partial charge in [-0.1, -0.05) is 31.2 Å². The van der Waals surface area contributed by atoms with Crippen LogP contribution in [0.2, 0.25) is 0 Å². The molecule has 1 nitrogen and oxygen atoms in total. The van der Waals surface area contributed by atoms with Crippen molar-refractivity contribution in [1.82, 2.24) is 0 Å². The van der Waals surface area contributed by atoms with Crippen LogP contribution in [0.25, 0.3) is 5.57 Å². The molecule has 12 heavy (non-hydrogen) atoms. The van der Waals surface area contributed by atoms with E-state index >= 15 is 0 Å². The molecule has 1 aliphatic carbocycles. The van der Waals surface area contributed by atoms with Crippen molar-refractivity contribution in [3.8, 4) is 0 Å². The van der Waals surface area contributed by atoms with Crippen molar-refractivity contribution in [1.29, 1.82) is 0 Å². The summed E-state index contributed by atoms with van der Waals surface area (Å²) < 4.78 is 0. The van der Waals surface area contributed by atoms with Gasteiger partial charge in [0.05, 0.1) is 0 Å². The Labute approximate surface area is 72.4 Å². The second-order valence-electron chi connectivity index (χ2n) is 3.32. The van der Waals surface area contributed by atoms with E-state index in [0.717, 1.165) is 5.57 Å². The van der Waals surface area contributed by atoms with Crippen molar-refractivity contribution >= 4 is 5.57 Å². The lowest BCUT2D eigenvalue weighted by Gasteiger charge is -2.04. The topological polar surface area (TPSA) is 20.2 Å². The van der Waals surface area contributed by atoms with Gasteiger partial charge in [-0.05, 0) is 23.6 Å². The number of allylic oxidation sites excluding steroid dienone is 2. The summed E-state index contributed by atoms with van der Waals surface area (Å²) in [6, 6.07) is 8.16. The van der Waals surface area contributed by atoms with E-state index in [0.29, 0.717) is 5.76 Å². The Morgan fingerprint density at radius 3 is 2.58 bits per heavy atom. The van der Waals surface area contributed by atoms with E-state index in [1.54, 1.807) is 0 Å². The van der Waals surface area contributed by atoms with Crippen LogP contribution < -0.4 is 0 Å². The summed E-state index contributed by atoms with van der Waals surface area (Å²) in [4.78, 5) is 0. The van der Waals surface area contributed by atoms with Gasteiger partial charge in [0, 0.05) is 5.92 Å². The highest BCUT2D eigenvalue weighted by atomic mass is 16.3. The second kappa shape index (κ2) is 2.37. The molecule has 1 unspecified atom stereocenters. The molecule has 0 spiro atoms. The van der Waals surface area contributed by atoms with Crippen molar-refractivity contribution < 1.29 is 5.11 Å². The van der Waals surface area contributed by atoms with Gasteiger partial charge in [0.15, 0.2) is 0 Å². The van der Waals surface area contributed by atoms with E-state index in [-0.39, 0.29) is 5.92 Å². The molecule has 1 aromatic carbocycles. The molecule has 0 aliphatic heterocycles. The van der Waals surface area contributed by atoms with Crippen LogP contribution in [-0.4, -0.2) is 5.11 Å². The molecule has 0 fully saturated rings. The summed E-state index contributed by atoms with van der Waals surface area (Å²) in [6.07, 6.45) is 0. The standard InChI is InChI=1S/C11H12O/c1-7-9-5-3-4-6-10(9)8(2)11(7)12/h3-7,12H,1-2H3. The van der Waals surface area contributed by atoms with E-state index < -0.39 is 0 Å². The van der Waals surface area contributed by atoms with Crippen molar-refractivity contribution in [3.63, 3.8) is 0 Å². The van der Waals surface area contributed by atoms with Gasteiger partial charge >= 0.3 is 0 Å². The van der Waals surface area contributed by atoms with E-state index in [4.69, 9.17) is 0 Å². The maximum Gasteiger partial charge on any atom is 0.103 e. The second-order valence-corrected chi connectivity index (χ2v) is 3.32. The van der Waals surface area contributed by atoms with Gasteiger partial charge in [0.1, 0.15) is 5.76 Å². The Bertz CT molecular complexity index is 350. The molecule has 1 N–H and O–H groups in total. The summed E-state index contributed by atoms with van der Waals surface area (Å²) in [5.41, 5.74) is 3.47. The summed E-state index contributed by atoms with van der Waals surface area (Å²) in [7, 11) is 0. The molecule has 0 bridgehead atoms. The third-order valence-electron chi connectivity index (χ3n) is 2.63. The fraction of sp³-hybridized carbons (Fsp3) is 0.273. The van der Waals surface area contributed by atoms with Crippen LogP contribution in [0, 0.1) is 0 Å². The highest BCUT2D eigenvalue weighted by molar-refractivity contribution is 5.75. The van der Waals surface area contributed by atoms with E-state index in [2.05, 4.69) is 12.1 Å². The third-order valence-corrected chi connectivity index (χ3v) is 2.63. The Kier molecular flexibility index (Phi) is 1.47. The fourth-order valence-corrected chi connectivity index (χ4v) is 1.83. The average Bonchev–Trinajstić information content (AvgIpc) is 2.33. The van der Waals surface area contributed by atoms with Gasteiger partial charge in [0.25, 0.3) is 0 Å². The first kappa shape index (κ1) is 7.41. The van der Waals surface area contributed by atoms with Crippen LogP contribution >= 0.6 is 0 Å². The predicted octanol–water partition coefficient (Wildman–Crippen LogP) is 3.09. The number of hydrogen-bond acceptors (Lipinski definition) is 1. The number of benzene rings is 1. The Morgan fingerprint density at radius 2 is 1.92 bits per heavy atom. The van der Waals surface area contributed by atoms with Crippen LogP contribution in [-0.2, 0) is 0 Å². The van der Waals surface area contributed by atoms with Gasteiger partial charge in [-0.3, -0.25) is 0 Å². The first-order chi connectivity index (χ1) is 5.72. The first-order valence-electron chi connectivity index (χ1n) is 4.21. The zero-order chi connectivity index (χ0) is 8.72. The van der Waals surface area contributed by atoms with Gasteiger partial charge in [-0.2, -0.15) is 0 Å². The number of hydrogen-bond donors (Lipinski definition) is 1. The van der Waals surface area contributed by atoms with Crippen molar-refractivity contribution in [2.45, 2.75) is 19.8 Å². The van der Waals surface area contributed by atoms with Crippen molar-refractivity contribution in [3.05, 3.63) is 41.2 Å². The van der Waals surface area contributed by atoms with E-state index in [1.807, 2.05) is 26.0 Å². The smallest absolute Gasteiger partial charge is 0.103 e. The molecule has 1 aromatic rings. The lowest BCUT2D eigenvalue weighted by molar-refractivity contribution is 0.382.